The van der Waals surface area contributed by atoms with Crippen molar-refractivity contribution in [3.05, 3.63) is 28.8 Å². The minimum atomic E-state index is -0.963. The molecule has 0 saturated carbocycles. The van der Waals surface area contributed by atoms with E-state index in [2.05, 4.69) is 19.2 Å². The molecule has 106 valence electrons. The van der Waals surface area contributed by atoms with Crippen molar-refractivity contribution >= 4 is 23.3 Å². The number of aromatic carboxylic acids is 1. The average molecular weight is 286 g/mol. The van der Waals surface area contributed by atoms with Gasteiger partial charge >= 0.3 is 5.97 Å². The maximum Gasteiger partial charge on any atom is 0.337 e. The van der Waals surface area contributed by atoms with Crippen LogP contribution in [0.3, 0.4) is 0 Å². The highest BCUT2D eigenvalue weighted by Gasteiger charge is 2.09. The molecule has 5 heteroatoms. The zero-order chi connectivity index (χ0) is 14.3. The Bertz CT molecular complexity index is 421. The Balaban J connectivity index is 2.40. The number of ether oxygens (including phenoxy) is 1. The van der Waals surface area contributed by atoms with Crippen molar-refractivity contribution < 1.29 is 14.6 Å². The van der Waals surface area contributed by atoms with Gasteiger partial charge < -0.3 is 15.2 Å². The van der Waals surface area contributed by atoms with E-state index in [1.165, 1.54) is 6.07 Å². The molecule has 0 atom stereocenters. The summed E-state index contributed by atoms with van der Waals surface area (Å²) in [5, 5.41) is 12.6. The lowest BCUT2D eigenvalue weighted by Gasteiger charge is -2.11. The summed E-state index contributed by atoms with van der Waals surface area (Å²) in [7, 11) is 0. The summed E-state index contributed by atoms with van der Waals surface area (Å²) in [5.41, 5.74) is 0.774. The largest absolute Gasteiger partial charge is 0.478 e. The molecule has 0 amide bonds. The summed E-state index contributed by atoms with van der Waals surface area (Å²) in [6, 6.07) is 4.70. The highest BCUT2D eigenvalue weighted by molar-refractivity contribution is 6.31. The van der Waals surface area contributed by atoms with E-state index in [1.807, 2.05) is 0 Å². The molecule has 0 aromatic heterocycles. The molecule has 0 aliphatic rings. The molecule has 0 spiro atoms. The number of nitrogens with one attached hydrogen (secondary N) is 1. The Morgan fingerprint density at radius 3 is 2.84 bits per heavy atom. The summed E-state index contributed by atoms with van der Waals surface area (Å²) >= 11 is 5.86. The fourth-order valence-corrected chi connectivity index (χ4v) is 1.74. The van der Waals surface area contributed by atoms with Crippen LogP contribution in [0.1, 0.15) is 30.6 Å². The Labute approximate surface area is 118 Å². The van der Waals surface area contributed by atoms with Crippen LogP contribution in [0.25, 0.3) is 0 Å². The van der Waals surface area contributed by atoms with Crippen LogP contribution >= 0.6 is 11.6 Å². The molecule has 0 aliphatic heterocycles. The molecule has 19 heavy (non-hydrogen) atoms. The van der Waals surface area contributed by atoms with E-state index in [-0.39, 0.29) is 5.56 Å². The molecule has 4 nitrogen and oxygen atoms in total. The Hall–Kier alpha value is -1.26. The van der Waals surface area contributed by atoms with E-state index >= 15 is 0 Å². The van der Waals surface area contributed by atoms with Crippen molar-refractivity contribution in [2.24, 2.45) is 5.92 Å². The van der Waals surface area contributed by atoms with Gasteiger partial charge in [-0.05, 0) is 30.5 Å². The first kappa shape index (κ1) is 15.8. The van der Waals surface area contributed by atoms with Crippen molar-refractivity contribution in [2.75, 3.05) is 25.1 Å². The number of halogens is 1. The zero-order valence-corrected chi connectivity index (χ0v) is 12.0. The summed E-state index contributed by atoms with van der Waals surface area (Å²) in [6.07, 6.45) is 0.818. The third kappa shape index (κ3) is 5.94. The van der Waals surface area contributed by atoms with Gasteiger partial charge in [0.1, 0.15) is 0 Å². The predicted octanol–water partition coefficient (Wildman–Crippen LogP) is 3.51. The van der Waals surface area contributed by atoms with Crippen molar-refractivity contribution in [3.8, 4) is 0 Å². The molecule has 0 bridgehead atoms. The Morgan fingerprint density at radius 2 is 2.21 bits per heavy atom. The van der Waals surface area contributed by atoms with Gasteiger partial charge in [0.05, 0.1) is 11.3 Å². The van der Waals surface area contributed by atoms with Crippen molar-refractivity contribution in [2.45, 2.75) is 20.3 Å². The van der Waals surface area contributed by atoms with Gasteiger partial charge in [0, 0.05) is 24.8 Å². The van der Waals surface area contributed by atoms with Crippen molar-refractivity contribution in [1.29, 1.82) is 0 Å². The van der Waals surface area contributed by atoms with Gasteiger partial charge in [0.2, 0.25) is 0 Å². The van der Waals surface area contributed by atoms with Crippen LogP contribution in [0.4, 0.5) is 5.69 Å². The smallest absolute Gasteiger partial charge is 0.337 e. The average Bonchev–Trinajstić information content (AvgIpc) is 2.33. The molecule has 0 unspecified atom stereocenters. The molecule has 2 N–H and O–H groups in total. The molecule has 0 fully saturated rings. The third-order valence-electron chi connectivity index (χ3n) is 2.44. The quantitative estimate of drug-likeness (QED) is 0.718. The predicted molar refractivity (Wildman–Crippen MR) is 77.2 cm³/mol. The number of hydrogen-bond donors (Lipinski definition) is 2. The van der Waals surface area contributed by atoms with Crippen molar-refractivity contribution in [1.82, 2.24) is 0 Å². The first-order valence-corrected chi connectivity index (χ1v) is 6.73. The van der Waals surface area contributed by atoms with Gasteiger partial charge in [-0.1, -0.05) is 25.4 Å². The van der Waals surface area contributed by atoms with E-state index in [4.69, 9.17) is 21.4 Å². The lowest BCUT2D eigenvalue weighted by molar-refractivity contribution is 0.0698. The topological polar surface area (TPSA) is 58.6 Å². The second-order valence-corrected chi connectivity index (χ2v) is 5.18. The van der Waals surface area contributed by atoms with E-state index in [0.717, 1.165) is 13.0 Å². The first-order chi connectivity index (χ1) is 9.00. The highest BCUT2D eigenvalue weighted by atomic mass is 35.5. The van der Waals surface area contributed by atoms with Crippen LogP contribution in [0.5, 0.6) is 0 Å². The highest BCUT2D eigenvalue weighted by Crippen LogP contribution is 2.21. The normalized spacial score (nSPS) is 10.7. The summed E-state index contributed by atoms with van der Waals surface area (Å²) in [6.45, 7) is 6.26. The standard InChI is InChI=1S/C14H20ClNO3/c1-10(2)9-19-7-3-6-16-13-8-11(15)4-5-12(13)14(17)18/h4-5,8,10,16H,3,6-7,9H2,1-2H3,(H,17,18). The number of carboxylic acid groups (broad SMARTS) is 1. The van der Waals surface area contributed by atoms with Crippen LogP contribution < -0.4 is 5.32 Å². The molecular weight excluding hydrogens is 266 g/mol. The molecule has 0 aliphatic carbocycles. The fourth-order valence-electron chi connectivity index (χ4n) is 1.57. The Kier molecular flexibility index (Phi) is 6.67. The SMILES string of the molecule is CC(C)COCCCNc1cc(Cl)ccc1C(=O)O. The molecule has 0 radical (unpaired) electrons. The van der Waals surface area contributed by atoms with Gasteiger partial charge in [-0.3, -0.25) is 0 Å². The summed E-state index contributed by atoms with van der Waals surface area (Å²) in [4.78, 5) is 11.0. The summed E-state index contributed by atoms with van der Waals surface area (Å²) in [5.74, 6) is -0.435. The van der Waals surface area contributed by atoms with Crippen LogP contribution in [-0.4, -0.2) is 30.8 Å². The maximum absolute atomic E-state index is 11.0. The number of hydrogen-bond acceptors (Lipinski definition) is 3. The van der Waals surface area contributed by atoms with Crippen molar-refractivity contribution in [3.63, 3.8) is 0 Å². The van der Waals surface area contributed by atoms with Gasteiger partial charge in [0.15, 0.2) is 0 Å². The molecule has 1 rings (SSSR count). The monoisotopic (exact) mass is 285 g/mol. The van der Waals surface area contributed by atoms with E-state index < -0.39 is 5.97 Å². The van der Waals surface area contributed by atoms with Gasteiger partial charge in [-0.25, -0.2) is 4.79 Å². The van der Waals surface area contributed by atoms with Gasteiger partial charge in [0.25, 0.3) is 0 Å². The van der Waals surface area contributed by atoms with Gasteiger partial charge in [-0.15, -0.1) is 0 Å². The van der Waals surface area contributed by atoms with E-state index in [1.54, 1.807) is 12.1 Å². The number of anilines is 1. The minimum Gasteiger partial charge on any atom is -0.478 e. The third-order valence-corrected chi connectivity index (χ3v) is 2.68. The zero-order valence-electron chi connectivity index (χ0n) is 11.3. The second kappa shape index (κ2) is 8.02. The molecule has 1 aromatic rings. The minimum absolute atomic E-state index is 0.229. The molecule has 1 aromatic carbocycles. The van der Waals surface area contributed by atoms with E-state index in [0.29, 0.717) is 29.8 Å². The molecule has 0 heterocycles. The van der Waals surface area contributed by atoms with Crippen LogP contribution in [-0.2, 0) is 4.74 Å². The van der Waals surface area contributed by atoms with Crippen LogP contribution in [0, 0.1) is 5.92 Å². The lowest BCUT2D eigenvalue weighted by Crippen LogP contribution is -2.11. The first-order valence-electron chi connectivity index (χ1n) is 6.35. The fraction of sp³-hybridized carbons (Fsp3) is 0.500. The van der Waals surface area contributed by atoms with Crippen LogP contribution in [0.2, 0.25) is 5.02 Å². The second-order valence-electron chi connectivity index (χ2n) is 4.74. The summed E-state index contributed by atoms with van der Waals surface area (Å²) < 4.78 is 5.45. The molecule has 0 saturated heterocycles. The lowest BCUT2D eigenvalue weighted by atomic mass is 10.2. The number of benzene rings is 1. The Morgan fingerprint density at radius 1 is 1.47 bits per heavy atom. The molecular formula is C14H20ClNO3. The maximum atomic E-state index is 11.0. The van der Waals surface area contributed by atoms with E-state index in [9.17, 15) is 4.79 Å². The van der Waals surface area contributed by atoms with Gasteiger partial charge in [-0.2, -0.15) is 0 Å². The number of rotatable bonds is 8. The van der Waals surface area contributed by atoms with Crippen LogP contribution in [0.15, 0.2) is 18.2 Å². The number of carbonyl (C=O) groups is 1. The number of carboxylic acids is 1.